The molecule has 2 aromatic carbocycles. The predicted molar refractivity (Wildman–Crippen MR) is 87.5 cm³/mol. The average Bonchev–Trinajstić information content (AvgIpc) is 2.47. The van der Waals surface area contributed by atoms with Gasteiger partial charge in [0, 0.05) is 16.1 Å². The van der Waals surface area contributed by atoms with Crippen molar-refractivity contribution in [2.75, 3.05) is 0 Å². The maximum Gasteiger partial charge on any atom is 0.273 e. The Morgan fingerprint density at radius 3 is 2.55 bits per heavy atom. The number of nitrogens with one attached hydrogen (secondary N) is 1. The number of para-hydroxylation sites is 1. The van der Waals surface area contributed by atoms with E-state index in [1.807, 2.05) is 31.2 Å². The second-order valence-corrected chi connectivity index (χ2v) is 5.73. The lowest BCUT2D eigenvalue weighted by Crippen LogP contribution is -2.28. The van der Waals surface area contributed by atoms with Crippen molar-refractivity contribution in [3.8, 4) is 0 Å². The van der Waals surface area contributed by atoms with Crippen molar-refractivity contribution in [2.45, 2.75) is 19.4 Å². The van der Waals surface area contributed by atoms with Crippen LogP contribution in [0.25, 0.3) is 0 Å². The van der Waals surface area contributed by atoms with E-state index in [2.05, 4.69) is 21.2 Å². The molecule has 2 aromatic rings. The van der Waals surface area contributed by atoms with E-state index < -0.39 is 4.92 Å². The Hall–Kier alpha value is -2.21. The monoisotopic (exact) mass is 362 g/mol. The van der Waals surface area contributed by atoms with Gasteiger partial charge in [-0.15, -0.1) is 0 Å². The molecule has 1 amide bonds. The number of hydrogen-bond acceptors (Lipinski definition) is 3. The van der Waals surface area contributed by atoms with Gasteiger partial charge in [-0.1, -0.05) is 52.3 Å². The van der Waals surface area contributed by atoms with Gasteiger partial charge in [0.25, 0.3) is 5.69 Å². The van der Waals surface area contributed by atoms with Crippen LogP contribution in [0.1, 0.15) is 24.1 Å². The third-order valence-electron chi connectivity index (χ3n) is 3.29. The van der Waals surface area contributed by atoms with Crippen LogP contribution in [-0.4, -0.2) is 10.8 Å². The van der Waals surface area contributed by atoms with Crippen LogP contribution >= 0.6 is 15.9 Å². The molecule has 0 aliphatic rings. The fraction of sp³-hybridized carbons (Fsp3) is 0.188. The molecule has 0 spiro atoms. The molecule has 0 aliphatic carbocycles. The Morgan fingerprint density at radius 1 is 1.23 bits per heavy atom. The molecule has 0 saturated carbocycles. The maximum absolute atomic E-state index is 12.1. The molecule has 22 heavy (non-hydrogen) atoms. The Bertz CT molecular complexity index is 703. The number of nitro benzene ring substituents is 1. The van der Waals surface area contributed by atoms with Crippen LogP contribution in [0.15, 0.2) is 53.0 Å². The number of benzene rings is 2. The fourth-order valence-electron chi connectivity index (χ4n) is 2.21. The van der Waals surface area contributed by atoms with Crippen LogP contribution < -0.4 is 5.32 Å². The molecular formula is C16H15BrN2O3. The number of amides is 1. The zero-order chi connectivity index (χ0) is 16.1. The van der Waals surface area contributed by atoms with Crippen molar-refractivity contribution in [3.63, 3.8) is 0 Å². The molecule has 0 bridgehead atoms. The summed E-state index contributed by atoms with van der Waals surface area (Å²) >= 11 is 3.44. The van der Waals surface area contributed by atoms with Crippen LogP contribution in [-0.2, 0) is 11.2 Å². The van der Waals surface area contributed by atoms with Crippen molar-refractivity contribution in [3.05, 3.63) is 74.2 Å². The summed E-state index contributed by atoms with van der Waals surface area (Å²) < 4.78 is 0.911. The van der Waals surface area contributed by atoms with E-state index in [0.717, 1.165) is 10.0 Å². The molecule has 0 saturated heterocycles. The molecular weight excluding hydrogens is 348 g/mol. The highest BCUT2D eigenvalue weighted by Gasteiger charge is 2.17. The van der Waals surface area contributed by atoms with Gasteiger partial charge in [0.15, 0.2) is 0 Å². The van der Waals surface area contributed by atoms with Gasteiger partial charge in [-0.3, -0.25) is 14.9 Å². The first-order valence-corrected chi connectivity index (χ1v) is 7.54. The quantitative estimate of drug-likeness (QED) is 0.649. The SMILES string of the molecule is CC(NC(=O)Cc1ccccc1[N+](=O)[O-])c1ccccc1Br. The molecule has 2 rings (SSSR count). The summed E-state index contributed by atoms with van der Waals surface area (Å²) in [7, 11) is 0. The lowest BCUT2D eigenvalue weighted by Gasteiger charge is -2.15. The Morgan fingerprint density at radius 2 is 1.86 bits per heavy atom. The number of rotatable bonds is 5. The normalized spacial score (nSPS) is 11.7. The van der Waals surface area contributed by atoms with Crippen molar-refractivity contribution >= 4 is 27.5 Å². The van der Waals surface area contributed by atoms with Crippen molar-refractivity contribution in [2.24, 2.45) is 0 Å². The van der Waals surface area contributed by atoms with Crippen LogP contribution in [0.5, 0.6) is 0 Å². The third-order valence-corrected chi connectivity index (χ3v) is 4.01. The largest absolute Gasteiger partial charge is 0.349 e. The van der Waals surface area contributed by atoms with E-state index in [0.29, 0.717) is 5.56 Å². The Labute approximate surface area is 136 Å². The van der Waals surface area contributed by atoms with E-state index in [4.69, 9.17) is 0 Å². The molecule has 1 unspecified atom stereocenters. The number of carbonyl (C=O) groups is 1. The smallest absolute Gasteiger partial charge is 0.273 e. The van der Waals surface area contributed by atoms with E-state index in [9.17, 15) is 14.9 Å². The number of halogens is 1. The van der Waals surface area contributed by atoms with Gasteiger partial charge < -0.3 is 5.32 Å². The number of nitro groups is 1. The zero-order valence-electron chi connectivity index (χ0n) is 12.0. The first kappa shape index (κ1) is 16.2. The summed E-state index contributed by atoms with van der Waals surface area (Å²) in [5.74, 6) is -0.252. The Balaban J connectivity index is 2.08. The summed E-state index contributed by atoms with van der Waals surface area (Å²) in [6, 6.07) is 13.7. The Kier molecular flexibility index (Phi) is 5.27. The molecule has 1 N–H and O–H groups in total. The minimum atomic E-state index is -0.472. The second-order valence-electron chi connectivity index (χ2n) is 4.87. The lowest BCUT2D eigenvalue weighted by molar-refractivity contribution is -0.385. The van der Waals surface area contributed by atoms with Crippen molar-refractivity contribution in [1.29, 1.82) is 0 Å². The summed E-state index contributed by atoms with van der Waals surface area (Å²) in [5.41, 5.74) is 1.33. The maximum atomic E-state index is 12.1. The van der Waals surface area contributed by atoms with E-state index in [1.54, 1.807) is 18.2 Å². The highest BCUT2D eigenvalue weighted by atomic mass is 79.9. The highest BCUT2D eigenvalue weighted by Crippen LogP contribution is 2.23. The van der Waals surface area contributed by atoms with Gasteiger partial charge in [-0.2, -0.15) is 0 Å². The van der Waals surface area contributed by atoms with Gasteiger partial charge in [0.05, 0.1) is 17.4 Å². The number of nitrogens with zero attached hydrogens (tertiary/aromatic N) is 1. The second kappa shape index (κ2) is 7.17. The van der Waals surface area contributed by atoms with Crippen LogP contribution in [0.4, 0.5) is 5.69 Å². The molecule has 0 heterocycles. The number of carbonyl (C=O) groups excluding carboxylic acids is 1. The van der Waals surface area contributed by atoms with E-state index >= 15 is 0 Å². The molecule has 0 aromatic heterocycles. The third kappa shape index (κ3) is 3.92. The molecule has 6 heteroatoms. The summed E-state index contributed by atoms with van der Waals surface area (Å²) in [4.78, 5) is 22.6. The molecule has 5 nitrogen and oxygen atoms in total. The lowest BCUT2D eigenvalue weighted by atomic mass is 10.1. The minimum Gasteiger partial charge on any atom is -0.349 e. The fourth-order valence-corrected chi connectivity index (χ4v) is 2.84. The number of hydrogen-bond donors (Lipinski definition) is 1. The van der Waals surface area contributed by atoms with Gasteiger partial charge in [0.2, 0.25) is 5.91 Å². The molecule has 114 valence electrons. The topological polar surface area (TPSA) is 72.2 Å². The van der Waals surface area contributed by atoms with E-state index in [1.165, 1.54) is 6.07 Å². The summed E-state index contributed by atoms with van der Waals surface area (Å²) in [6.07, 6.45) is -0.0219. The molecule has 0 radical (unpaired) electrons. The highest BCUT2D eigenvalue weighted by molar-refractivity contribution is 9.10. The summed E-state index contributed by atoms with van der Waals surface area (Å²) in [6.45, 7) is 1.87. The van der Waals surface area contributed by atoms with E-state index in [-0.39, 0.29) is 24.1 Å². The molecule has 0 aliphatic heterocycles. The predicted octanol–water partition coefficient (Wildman–Crippen LogP) is 3.78. The average molecular weight is 363 g/mol. The first-order chi connectivity index (χ1) is 10.5. The van der Waals surface area contributed by atoms with Crippen LogP contribution in [0, 0.1) is 10.1 Å². The minimum absolute atomic E-state index is 0.0219. The van der Waals surface area contributed by atoms with Gasteiger partial charge in [-0.05, 0) is 18.6 Å². The summed E-state index contributed by atoms with van der Waals surface area (Å²) in [5, 5.41) is 13.8. The zero-order valence-corrected chi connectivity index (χ0v) is 13.5. The first-order valence-electron chi connectivity index (χ1n) is 6.75. The van der Waals surface area contributed by atoms with Gasteiger partial charge in [-0.25, -0.2) is 0 Å². The van der Waals surface area contributed by atoms with Gasteiger partial charge >= 0.3 is 0 Å². The van der Waals surface area contributed by atoms with Crippen molar-refractivity contribution in [1.82, 2.24) is 5.32 Å². The van der Waals surface area contributed by atoms with Crippen molar-refractivity contribution < 1.29 is 9.72 Å². The standard InChI is InChI=1S/C16H15BrN2O3/c1-11(13-7-3-4-8-14(13)17)18-16(20)10-12-6-2-5-9-15(12)19(21)22/h2-9,11H,10H2,1H3,(H,18,20). The molecule has 1 atom stereocenters. The van der Waals surface area contributed by atoms with Gasteiger partial charge in [0.1, 0.15) is 0 Å². The molecule has 0 fully saturated rings. The van der Waals surface area contributed by atoms with Crippen LogP contribution in [0.3, 0.4) is 0 Å². The van der Waals surface area contributed by atoms with Crippen LogP contribution in [0.2, 0.25) is 0 Å².